The molecule has 0 spiro atoms. The molecule has 2 aromatic carbocycles. The van der Waals surface area contributed by atoms with Crippen LogP contribution in [0.2, 0.25) is 0 Å². The van der Waals surface area contributed by atoms with Crippen LogP contribution in [0, 0.1) is 10.1 Å². The highest BCUT2D eigenvalue weighted by Crippen LogP contribution is 2.39. The molecule has 3 heteroatoms. The van der Waals surface area contributed by atoms with E-state index in [0.29, 0.717) is 5.56 Å². The summed E-state index contributed by atoms with van der Waals surface area (Å²) < 4.78 is 0. The summed E-state index contributed by atoms with van der Waals surface area (Å²) in [6, 6.07) is 13.7. The zero-order valence-corrected chi connectivity index (χ0v) is 14.8. The fourth-order valence-corrected chi connectivity index (χ4v) is 2.73. The van der Waals surface area contributed by atoms with E-state index >= 15 is 0 Å². The fraction of sp³-hybridized carbons (Fsp3) is 0.400. The van der Waals surface area contributed by atoms with Crippen molar-refractivity contribution in [1.82, 2.24) is 0 Å². The molecule has 0 atom stereocenters. The first-order chi connectivity index (χ1) is 10.5. The third kappa shape index (κ3) is 3.61. The predicted octanol–water partition coefficient (Wildman–Crippen LogP) is 5.86. The molecule has 0 fully saturated rings. The van der Waals surface area contributed by atoms with Crippen molar-refractivity contribution in [2.24, 2.45) is 0 Å². The summed E-state index contributed by atoms with van der Waals surface area (Å²) in [6.07, 6.45) is 0. The van der Waals surface area contributed by atoms with Gasteiger partial charge in [0.1, 0.15) is 0 Å². The van der Waals surface area contributed by atoms with Crippen LogP contribution in [0.5, 0.6) is 0 Å². The van der Waals surface area contributed by atoms with Gasteiger partial charge in [-0.1, -0.05) is 77.9 Å². The third-order valence-corrected chi connectivity index (χ3v) is 4.09. The quantitative estimate of drug-likeness (QED) is 0.515. The lowest BCUT2D eigenvalue weighted by Gasteiger charge is -2.21. The molecule has 23 heavy (non-hydrogen) atoms. The normalized spacial score (nSPS) is 12.3. The average Bonchev–Trinajstić information content (AvgIpc) is 2.44. The average molecular weight is 311 g/mol. The van der Waals surface area contributed by atoms with Crippen molar-refractivity contribution in [3.05, 3.63) is 63.7 Å². The summed E-state index contributed by atoms with van der Waals surface area (Å²) in [5, 5.41) is 11.7. The fourth-order valence-electron chi connectivity index (χ4n) is 2.73. The van der Waals surface area contributed by atoms with E-state index in [9.17, 15) is 10.1 Å². The van der Waals surface area contributed by atoms with E-state index in [-0.39, 0.29) is 21.4 Å². The summed E-state index contributed by atoms with van der Waals surface area (Å²) >= 11 is 0. The number of hydrogen-bond donors (Lipinski definition) is 0. The van der Waals surface area contributed by atoms with Crippen molar-refractivity contribution < 1.29 is 4.92 Å². The number of nitrogens with zero attached hydrogens (tertiary/aromatic N) is 1. The zero-order chi connectivity index (χ0) is 17.4. The molecule has 0 amide bonds. The van der Waals surface area contributed by atoms with Gasteiger partial charge in [-0.15, -0.1) is 0 Å². The second kappa shape index (κ2) is 5.80. The molecule has 0 aliphatic heterocycles. The Labute approximate surface area is 138 Å². The summed E-state index contributed by atoms with van der Waals surface area (Å²) in [4.78, 5) is 11.4. The maximum Gasteiger partial charge on any atom is 0.280 e. The molecule has 0 unspecified atom stereocenters. The van der Waals surface area contributed by atoms with Gasteiger partial charge in [-0.25, -0.2) is 0 Å². The van der Waals surface area contributed by atoms with Crippen LogP contribution in [0.3, 0.4) is 0 Å². The summed E-state index contributed by atoms with van der Waals surface area (Å²) in [7, 11) is 0. The molecular weight excluding hydrogens is 286 g/mol. The highest BCUT2D eigenvalue weighted by molar-refractivity contribution is 5.76. The molecule has 0 bridgehead atoms. The van der Waals surface area contributed by atoms with Crippen LogP contribution in [0.25, 0.3) is 11.1 Å². The Hall–Kier alpha value is -2.16. The van der Waals surface area contributed by atoms with Gasteiger partial charge in [-0.2, -0.15) is 0 Å². The Balaban J connectivity index is 2.62. The summed E-state index contributed by atoms with van der Waals surface area (Å²) in [5.41, 5.74) is 3.56. The number of benzene rings is 2. The van der Waals surface area contributed by atoms with Crippen molar-refractivity contribution in [1.29, 1.82) is 0 Å². The van der Waals surface area contributed by atoms with E-state index in [1.165, 1.54) is 5.56 Å². The van der Waals surface area contributed by atoms with Gasteiger partial charge in [0.25, 0.3) is 5.69 Å². The van der Waals surface area contributed by atoms with Crippen LogP contribution in [0.4, 0.5) is 5.69 Å². The first-order valence-corrected chi connectivity index (χ1v) is 7.90. The minimum atomic E-state index is -0.274. The first-order valence-electron chi connectivity index (χ1n) is 7.90. The number of para-hydroxylation sites is 1. The lowest BCUT2D eigenvalue weighted by Crippen LogP contribution is -2.14. The molecule has 2 aromatic rings. The Morgan fingerprint density at radius 2 is 1.39 bits per heavy atom. The van der Waals surface area contributed by atoms with Gasteiger partial charge in [0, 0.05) is 5.56 Å². The van der Waals surface area contributed by atoms with E-state index in [0.717, 1.165) is 11.1 Å². The standard InChI is InChI=1S/C20H25NO2/c1-19(2,3)15-12-10-14(11-13-15)16-8-7-9-17(20(4,5)6)18(16)21(22)23/h7-13H,1-6H3. The van der Waals surface area contributed by atoms with E-state index < -0.39 is 0 Å². The second-order valence-corrected chi connectivity index (χ2v) is 8.04. The van der Waals surface area contributed by atoms with Crippen LogP contribution in [-0.4, -0.2) is 4.92 Å². The zero-order valence-electron chi connectivity index (χ0n) is 14.8. The Morgan fingerprint density at radius 1 is 0.826 bits per heavy atom. The van der Waals surface area contributed by atoms with Gasteiger partial charge < -0.3 is 0 Å². The SMILES string of the molecule is CC(C)(C)c1ccc(-c2cccc(C(C)(C)C)c2[N+](=O)[O-])cc1. The van der Waals surface area contributed by atoms with Crippen LogP contribution in [0.1, 0.15) is 52.7 Å². The van der Waals surface area contributed by atoms with Crippen LogP contribution in [0.15, 0.2) is 42.5 Å². The maximum absolute atomic E-state index is 11.7. The lowest BCUT2D eigenvalue weighted by atomic mass is 9.83. The Morgan fingerprint density at radius 3 is 1.83 bits per heavy atom. The highest BCUT2D eigenvalue weighted by atomic mass is 16.6. The van der Waals surface area contributed by atoms with Crippen LogP contribution < -0.4 is 0 Å². The minimum Gasteiger partial charge on any atom is -0.258 e. The smallest absolute Gasteiger partial charge is 0.258 e. The molecule has 0 heterocycles. The molecule has 0 saturated carbocycles. The minimum absolute atomic E-state index is 0.0672. The van der Waals surface area contributed by atoms with Gasteiger partial charge in [-0.05, 0) is 28.0 Å². The molecule has 0 radical (unpaired) electrons. The largest absolute Gasteiger partial charge is 0.280 e. The Bertz CT molecular complexity index is 717. The number of hydrogen-bond acceptors (Lipinski definition) is 2. The molecule has 3 nitrogen and oxygen atoms in total. The van der Waals surface area contributed by atoms with Crippen molar-refractivity contribution in [3.8, 4) is 11.1 Å². The van der Waals surface area contributed by atoms with Gasteiger partial charge in [0.05, 0.1) is 10.5 Å². The topological polar surface area (TPSA) is 43.1 Å². The predicted molar refractivity (Wildman–Crippen MR) is 95.9 cm³/mol. The van der Waals surface area contributed by atoms with E-state index in [4.69, 9.17) is 0 Å². The van der Waals surface area contributed by atoms with Crippen LogP contribution >= 0.6 is 0 Å². The molecule has 2 rings (SSSR count). The number of rotatable bonds is 2. The molecule has 0 aliphatic rings. The number of nitro benzene ring substituents is 1. The van der Waals surface area contributed by atoms with Gasteiger partial charge in [0.2, 0.25) is 0 Å². The molecule has 0 aliphatic carbocycles. The van der Waals surface area contributed by atoms with Crippen molar-refractivity contribution in [3.63, 3.8) is 0 Å². The van der Waals surface area contributed by atoms with Gasteiger partial charge >= 0.3 is 0 Å². The monoisotopic (exact) mass is 311 g/mol. The van der Waals surface area contributed by atoms with E-state index in [1.807, 2.05) is 51.1 Å². The summed E-state index contributed by atoms with van der Waals surface area (Å²) in [5.74, 6) is 0. The molecule has 0 N–H and O–H groups in total. The Kier molecular flexibility index (Phi) is 4.34. The van der Waals surface area contributed by atoms with Crippen molar-refractivity contribution >= 4 is 5.69 Å². The van der Waals surface area contributed by atoms with Crippen molar-refractivity contribution in [2.75, 3.05) is 0 Å². The summed E-state index contributed by atoms with van der Waals surface area (Å²) in [6.45, 7) is 12.5. The van der Waals surface area contributed by atoms with Gasteiger partial charge in [-0.3, -0.25) is 10.1 Å². The molecular formula is C20H25NO2. The van der Waals surface area contributed by atoms with E-state index in [1.54, 1.807) is 0 Å². The number of nitro groups is 1. The first kappa shape index (κ1) is 17.2. The lowest BCUT2D eigenvalue weighted by molar-refractivity contribution is -0.385. The van der Waals surface area contributed by atoms with E-state index in [2.05, 4.69) is 32.9 Å². The molecule has 0 saturated heterocycles. The van der Waals surface area contributed by atoms with Gasteiger partial charge in [0.15, 0.2) is 0 Å². The second-order valence-electron chi connectivity index (χ2n) is 8.04. The molecule has 0 aromatic heterocycles. The maximum atomic E-state index is 11.7. The van der Waals surface area contributed by atoms with Crippen LogP contribution in [-0.2, 0) is 10.8 Å². The van der Waals surface area contributed by atoms with Crippen molar-refractivity contribution in [2.45, 2.75) is 52.4 Å². The third-order valence-electron chi connectivity index (χ3n) is 4.09. The molecule has 122 valence electrons. The highest BCUT2D eigenvalue weighted by Gasteiger charge is 2.28.